The van der Waals surface area contributed by atoms with Gasteiger partial charge >= 0.3 is 5.69 Å². The lowest BCUT2D eigenvalue weighted by atomic mass is 9.80. The van der Waals surface area contributed by atoms with Crippen LogP contribution < -0.4 is 16.3 Å². The number of nitrogen functional groups attached to an aromatic ring is 1. The largest absolute Gasteiger partial charge is 0.398 e. The van der Waals surface area contributed by atoms with Crippen LogP contribution in [-0.2, 0) is 14.6 Å². The van der Waals surface area contributed by atoms with E-state index in [0.717, 1.165) is 30.1 Å². The summed E-state index contributed by atoms with van der Waals surface area (Å²) >= 11 is 0. The summed E-state index contributed by atoms with van der Waals surface area (Å²) in [5, 5.41) is 0.194. The van der Waals surface area contributed by atoms with E-state index in [4.69, 9.17) is 5.73 Å². The third-order valence-electron chi connectivity index (χ3n) is 8.38. The van der Waals surface area contributed by atoms with Crippen molar-refractivity contribution in [3.8, 4) is 16.9 Å². The van der Waals surface area contributed by atoms with Crippen LogP contribution in [0.2, 0.25) is 0 Å². The zero-order valence-electron chi connectivity index (χ0n) is 24.3. The van der Waals surface area contributed by atoms with Crippen molar-refractivity contribution in [2.75, 3.05) is 36.5 Å². The molecule has 44 heavy (non-hydrogen) atoms. The van der Waals surface area contributed by atoms with Crippen molar-refractivity contribution >= 4 is 38.3 Å². The van der Waals surface area contributed by atoms with Gasteiger partial charge in [0, 0.05) is 68.0 Å². The molecular formula is C30H31FN8O4S. The summed E-state index contributed by atoms with van der Waals surface area (Å²) in [6.07, 6.45) is 10.5. The van der Waals surface area contributed by atoms with Crippen LogP contribution in [0.25, 0.3) is 28.0 Å². The van der Waals surface area contributed by atoms with Crippen molar-refractivity contribution in [3.05, 3.63) is 71.4 Å². The van der Waals surface area contributed by atoms with E-state index in [1.54, 1.807) is 11.1 Å². The van der Waals surface area contributed by atoms with Crippen LogP contribution in [0.5, 0.6) is 0 Å². The lowest BCUT2D eigenvalue weighted by Gasteiger charge is -2.40. The molecule has 0 radical (unpaired) electrons. The minimum atomic E-state index is -3.88. The molecule has 6 rings (SSSR count). The molecule has 12 nitrogen and oxygen atoms in total. The number of hydrogen-bond acceptors (Lipinski definition) is 10. The molecule has 0 unspecified atom stereocenters. The van der Waals surface area contributed by atoms with Crippen LogP contribution in [0.15, 0.2) is 59.3 Å². The first-order chi connectivity index (χ1) is 21.0. The molecule has 14 heteroatoms. The quantitative estimate of drug-likeness (QED) is 0.319. The SMILES string of the molecule is C=CC(=O)N1CCN(c2nc(=O)n(-c3c(C4CCC4)cncc3S(C)(=O)=O)c3nc(-c4cnccc4N)c(F)cc23)[C@@H](C)C1. The van der Waals surface area contributed by atoms with Crippen LogP contribution in [0, 0.1) is 5.82 Å². The molecular weight excluding hydrogens is 587 g/mol. The molecule has 1 amide bonds. The van der Waals surface area contributed by atoms with E-state index in [-0.39, 0.29) is 62.2 Å². The van der Waals surface area contributed by atoms with Gasteiger partial charge in [-0.1, -0.05) is 13.0 Å². The number of sulfone groups is 1. The molecule has 0 spiro atoms. The fraction of sp³-hybridized carbons (Fsp3) is 0.333. The molecule has 4 aromatic heterocycles. The first kappa shape index (κ1) is 29.4. The van der Waals surface area contributed by atoms with E-state index in [9.17, 15) is 18.0 Å². The predicted molar refractivity (Wildman–Crippen MR) is 164 cm³/mol. The summed E-state index contributed by atoms with van der Waals surface area (Å²) in [4.78, 5) is 47.1. The Morgan fingerprint density at radius 3 is 2.57 bits per heavy atom. The Balaban J connectivity index is 1.67. The van der Waals surface area contributed by atoms with E-state index < -0.39 is 21.3 Å². The van der Waals surface area contributed by atoms with Crippen LogP contribution in [0.1, 0.15) is 37.7 Å². The van der Waals surface area contributed by atoms with Gasteiger partial charge in [-0.15, -0.1) is 0 Å². The summed E-state index contributed by atoms with van der Waals surface area (Å²) in [5.74, 6) is -0.788. The smallest absolute Gasteiger partial charge is 0.355 e. The Hall–Kier alpha value is -4.72. The Bertz CT molecular complexity index is 1990. The van der Waals surface area contributed by atoms with Crippen molar-refractivity contribution in [1.82, 2.24) is 29.4 Å². The van der Waals surface area contributed by atoms with E-state index in [1.165, 1.54) is 36.8 Å². The van der Waals surface area contributed by atoms with E-state index in [0.29, 0.717) is 25.2 Å². The third kappa shape index (κ3) is 4.98. The van der Waals surface area contributed by atoms with Gasteiger partial charge in [-0.2, -0.15) is 4.98 Å². The van der Waals surface area contributed by atoms with Gasteiger partial charge < -0.3 is 15.5 Å². The minimum Gasteiger partial charge on any atom is -0.398 e. The first-order valence-corrected chi connectivity index (χ1v) is 16.1. The van der Waals surface area contributed by atoms with Gasteiger partial charge in [-0.25, -0.2) is 27.2 Å². The maximum absolute atomic E-state index is 16.0. The highest BCUT2D eigenvalue weighted by atomic mass is 32.2. The monoisotopic (exact) mass is 618 g/mol. The van der Waals surface area contributed by atoms with Gasteiger partial charge in [0.15, 0.2) is 21.3 Å². The average molecular weight is 619 g/mol. The van der Waals surface area contributed by atoms with Gasteiger partial charge in [0.05, 0.1) is 11.1 Å². The Kier molecular flexibility index (Phi) is 7.40. The van der Waals surface area contributed by atoms with Crippen LogP contribution in [0.3, 0.4) is 0 Å². The minimum absolute atomic E-state index is 0.00752. The normalized spacial score (nSPS) is 17.5. The van der Waals surface area contributed by atoms with Gasteiger partial charge in [0.2, 0.25) is 5.91 Å². The summed E-state index contributed by atoms with van der Waals surface area (Å²) in [6, 6.07) is 2.45. The lowest BCUT2D eigenvalue weighted by Crippen LogP contribution is -2.54. The topological polar surface area (TPSA) is 157 Å². The number of piperazine rings is 1. The van der Waals surface area contributed by atoms with Gasteiger partial charge in [0.25, 0.3) is 0 Å². The lowest BCUT2D eigenvalue weighted by molar-refractivity contribution is -0.126. The molecule has 228 valence electrons. The fourth-order valence-corrected chi connectivity index (χ4v) is 6.71. The highest BCUT2D eigenvalue weighted by molar-refractivity contribution is 7.90. The predicted octanol–water partition coefficient (Wildman–Crippen LogP) is 2.85. The van der Waals surface area contributed by atoms with Crippen molar-refractivity contribution in [3.63, 3.8) is 0 Å². The van der Waals surface area contributed by atoms with E-state index >= 15 is 4.39 Å². The number of carbonyl (C=O) groups excluding carboxylic acids is 1. The number of pyridine rings is 3. The molecule has 1 aliphatic carbocycles. The number of anilines is 2. The third-order valence-corrected chi connectivity index (χ3v) is 9.48. The number of amides is 1. The number of fused-ring (bicyclic) bond motifs is 1. The Morgan fingerprint density at radius 2 is 1.93 bits per heavy atom. The fourth-order valence-electron chi connectivity index (χ4n) is 5.90. The molecule has 2 N–H and O–H groups in total. The number of hydrogen-bond donors (Lipinski definition) is 1. The van der Waals surface area contributed by atoms with E-state index in [2.05, 4.69) is 26.5 Å². The van der Waals surface area contributed by atoms with Gasteiger partial charge in [-0.05, 0) is 49.5 Å². The van der Waals surface area contributed by atoms with Crippen LogP contribution in [0.4, 0.5) is 15.9 Å². The molecule has 1 atom stereocenters. The van der Waals surface area contributed by atoms with Gasteiger partial charge in [0.1, 0.15) is 16.4 Å². The number of carbonyl (C=O) groups is 1. The van der Waals surface area contributed by atoms with Gasteiger partial charge in [-0.3, -0.25) is 14.8 Å². The standard InChI is InChI=1S/C30H31FN8O4S/c1-4-25(40)37-10-11-38(17(2)16-37)28-19-12-22(31)26(21-14-33-9-8-23(21)32)35-29(19)39(30(41)36-28)27-20(18-6-5-7-18)13-34-15-24(27)44(3,42)43/h4,8-9,12-15,17-18H,1,5-7,10-11,16H2,2-3H3,(H2,32,33)/t17-/m0/s1. The number of nitrogens with two attached hydrogens (primary N) is 1. The summed E-state index contributed by atoms with van der Waals surface area (Å²) < 4.78 is 43.3. The second-order valence-corrected chi connectivity index (χ2v) is 13.2. The molecule has 2 fully saturated rings. The molecule has 5 heterocycles. The van der Waals surface area contributed by atoms with Crippen molar-refractivity contribution in [2.24, 2.45) is 0 Å². The second kappa shape index (κ2) is 11.1. The molecule has 1 saturated heterocycles. The Labute approximate surface area is 253 Å². The summed E-state index contributed by atoms with van der Waals surface area (Å²) in [7, 11) is -3.88. The number of aromatic nitrogens is 5. The number of rotatable bonds is 6. The van der Waals surface area contributed by atoms with Crippen LogP contribution in [-0.4, -0.2) is 75.7 Å². The molecule has 1 saturated carbocycles. The van der Waals surface area contributed by atoms with Crippen molar-refractivity contribution in [1.29, 1.82) is 0 Å². The molecule has 0 bridgehead atoms. The number of nitrogens with zero attached hydrogens (tertiary/aromatic N) is 7. The number of halogens is 1. The highest BCUT2D eigenvalue weighted by Gasteiger charge is 2.33. The zero-order chi connectivity index (χ0) is 31.3. The maximum Gasteiger partial charge on any atom is 0.355 e. The van der Waals surface area contributed by atoms with E-state index in [1.807, 2.05) is 11.8 Å². The van der Waals surface area contributed by atoms with Crippen LogP contribution >= 0.6 is 0 Å². The van der Waals surface area contributed by atoms with Crippen molar-refractivity contribution < 1.29 is 17.6 Å². The molecule has 1 aliphatic heterocycles. The maximum atomic E-state index is 16.0. The summed E-state index contributed by atoms with van der Waals surface area (Å²) in [6.45, 7) is 6.39. The molecule has 0 aromatic carbocycles. The zero-order valence-corrected chi connectivity index (χ0v) is 25.1. The average Bonchev–Trinajstić information content (AvgIpc) is 2.95. The molecule has 2 aliphatic rings. The first-order valence-electron chi connectivity index (χ1n) is 14.2. The highest BCUT2D eigenvalue weighted by Crippen LogP contribution is 2.41. The van der Waals surface area contributed by atoms with Crippen molar-refractivity contribution in [2.45, 2.75) is 43.0 Å². The Morgan fingerprint density at radius 1 is 1.16 bits per heavy atom. The molecule has 4 aromatic rings. The summed E-state index contributed by atoms with van der Waals surface area (Å²) in [5.41, 5.74) is 6.37. The second-order valence-electron chi connectivity index (χ2n) is 11.2.